The van der Waals surface area contributed by atoms with Gasteiger partial charge in [0, 0.05) is 17.5 Å². The van der Waals surface area contributed by atoms with Crippen molar-refractivity contribution in [2.75, 3.05) is 6.54 Å². The normalized spacial score (nSPS) is 12.9. The molecule has 0 atom stereocenters. The molecular formula is C15H17ClF3NS. The number of aliphatic imine (C=N–C) groups is 1. The first-order valence-corrected chi connectivity index (χ1v) is 7.16. The van der Waals surface area contributed by atoms with Gasteiger partial charge in [0.25, 0.3) is 0 Å². The fourth-order valence-corrected chi connectivity index (χ4v) is 2.07. The van der Waals surface area contributed by atoms with E-state index in [-0.39, 0.29) is 16.9 Å². The molecule has 1 nitrogen and oxygen atoms in total. The highest BCUT2D eigenvalue weighted by Crippen LogP contribution is 2.35. The zero-order valence-corrected chi connectivity index (χ0v) is 13.7. The number of nitrogens with zero attached hydrogens (tertiary/aromatic N) is 1. The molecule has 0 N–H and O–H groups in total. The highest BCUT2D eigenvalue weighted by molar-refractivity contribution is 7.80. The molecule has 6 heteroatoms. The van der Waals surface area contributed by atoms with Crippen LogP contribution in [-0.2, 0) is 12.6 Å². The Labute approximate surface area is 133 Å². The number of thiocarbonyl (C=S) groups is 1. The molecule has 0 saturated heterocycles. The first-order chi connectivity index (χ1) is 9.49. The third-order valence-corrected chi connectivity index (χ3v) is 3.09. The van der Waals surface area contributed by atoms with Crippen molar-refractivity contribution >= 4 is 34.9 Å². The SMILES string of the molecule is CC(C)(C)C=NCC(=S)Cc1ccc(Cl)c(C(F)(F)F)c1. The number of alkyl halides is 3. The summed E-state index contributed by atoms with van der Waals surface area (Å²) in [5.41, 5.74) is -0.385. The van der Waals surface area contributed by atoms with Crippen LogP contribution in [0.25, 0.3) is 0 Å². The van der Waals surface area contributed by atoms with Gasteiger partial charge in [-0.1, -0.05) is 50.7 Å². The Balaban J connectivity index is 2.76. The predicted octanol–water partition coefficient (Wildman–Crippen LogP) is 5.39. The smallest absolute Gasteiger partial charge is 0.292 e. The van der Waals surface area contributed by atoms with Crippen LogP contribution in [0.5, 0.6) is 0 Å². The molecular weight excluding hydrogens is 319 g/mol. The second kappa shape index (κ2) is 6.88. The van der Waals surface area contributed by atoms with Gasteiger partial charge in [-0.2, -0.15) is 13.2 Å². The minimum absolute atomic E-state index is 0.0423. The summed E-state index contributed by atoms with van der Waals surface area (Å²) in [6.07, 6.45) is -2.39. The average Bonchev–Trinajstić information content (AvgIpc) is 2.28. The maximum absolute atomic E-state index is 12.8. The molecule has 1 aromatic carbocycles. The summed E-state index contributed by atoms with van der Waals surface area (Å²) in [6.45, 7) is 6.35. The average molecular weight is 336 g/mol. The second-order valence-electron chi connectivity index (χ2n) is 5.86. The predicted molar refractivity (Wildman–Crippen MR) is 85.6 cm³/mol. The molecule has 1 aromatic rings. The van der Waals surface area contributed by atoms with Crippen LogP contribution in [0.15, 0.2) is 23.2 Å². The molecule has 0 saturated carbocycles. The minimum Gasteiger partial charge on any atom is -0.292 e. The molecule has 0 aromatic heterocycles. The molecule has 0 aliphatic heterocycles. The van der Waals surface area contributed by atoms with Crippen molar-refractivity contribution in [1.82, 2.24) is 0 Å². The standard InChI is InChI=1S/C15H17ClF3NS/c1-14(2,3)9-20-8-11(21)6-10-4-5-13(16)12(7-10)15(17,18)19/h4-5,7,9H,6,8H2,1-3H3. The Kier molecular flexibility index (Phi) is 5.93. The van der Waals surface area contributed by atoms with E-state index in [4.69, 9.17) is 23.8 Å². The van der Waals surface area contributed by atoms with E-state index in [0.717, 1.165) is 6.07 Å². The van der Waals surface area contributed by atoms with Gasteiger partial charge < -0.3 is 0 Å². The number of halogens is 4. The van der Waals surface area contributed by atoms with Crippen LogP contribution in [0.1, 0.15) is 31.9 Å². The van der Waals surface area contributed by atoms with Crippen LogP contribution in [0.2, 0.25) is 5.02 Å². The Morgan fingerprint density at radius 2 is 1.90 bits per heavy atom. The molecule has 0 fully saturated rings. The molecule has 1 rings (SSSR count). The summed E-state index contributed by atoms with van der Waals surface area (Å²) in [6, 6.07) is 3.85. The lowest BCUT2D eigenvalue weighted by Gasteiger charge is -2.12. The molecule has 0 unspecified atom stereocenters. The third kappa shape index (κ3) is 6.57. The highest BCUT2D eigenvalue weighted by Gasteiger charge is 2.33. The lowest BCUT2D eigenvalue weighted by Crippen LogP contribution is -2.11. The van der Waals surface area contributed by atoms with E-state index in [1.54, 1.807) is 12.3 Å². The third-order valence-electron chi connectivity index (χ3n) is 2.48. The van der Waals surface area contributed by atoms with Crippen molar-refractivity contribution < 1.29 is 13.2 Å². The van der Waals surface area contributed by atoms with E-state index in [2.05, 4.69) is 4.99 Å². The van der Waals surface area contributed by atoms with Crippen molar-refractivity contribution in [3.63, 3.8) is 0 Å². The lowest BCUT2D eigenvalue weighted by atomic mass is 9.99. The monoisotopic (exact) mass is 335 g/mol. The van der Waals surface area contributed by atoms with Crippen LogP contribution in [0.3, 0.4) is 0 Å². The number of hydrogen-bond acceptors (Lipinski definition) is 2. The Morgan fingerprint density at radius 1 is 1.29 bits per heavy atom. The molecule has 116 valence electrons. The fraction of sp³-hybridized carbons (Fsp3) is 0.467. The molecule has 0 spiro atoms. The Hall–Kier alpha value is -0.940. The summed E-state index contributed by atoms with van der Waals surface area (Å²) < 4.78 is 38.3. The van der Waals surface area contributed by atoms with Crippen LogP contribution < -0.4 is 0 Å². The topological polar surface area (TPSA) is 12.4 Å². The van der Waals surface area contributed by atoms with Crippen LogP contribution in [-0.4, -0.2) is 17.6 Å². The van der Waals surface area contributed by atoms with Gasteiger partial charge in [-0.15, -0.1) is 0 Å². The van der Waals surface area contributed by atoms with Gasteiger partial charge in [-0.25, -0.2) is 0 Å². The molecule has 21 heavy (non-hydrogen) atoms. The van der Waals surface area contributed by atoms with Crippen molar-refractivity contribution in [2.24, 2.45) is 10.4 Å². The van der Waals surface area contributed by atoms with Gasteiger partial charge in [0.15, 0.2) is 0 Å². The summed E-state index contributed by atoms with van der Waals surface area (Å²) in [5, 5.41) is -0.303. The van der Waals surface area contributed by atoms with E-state index >= 15 is 0 Å². The summed E-state index contributed by atoms with van der Waals surface area (Å²) in [7, 11) is 0. The van der Waals surface area contributed by atoms with Gasteiger partial charge in [-0.05, 0) is 23.1 Å². The van der Waals surface area contributed by atoms with Gasteiger partial charge >= 0.3 is 6.18 Å². The van der Waals surface area contributed by atoms with Crippen LogP contribution in [0.4, 0.5) is 13.2 Å². The summed E-state index contributed by atoms with van der Waals surface area (Å²) in [4.78, 5) is 4.80. The fourth-order valence-electron chi connectivity index (χ4n) is 1.60. The van der Waals surface area contributed by atoms with E-state index < -0.39 is 11.7 Å². The van der Waals surface area contributed by atoms with Crippen molar-refractivity contribution in [3.05, 3.63) is 34.3 Å². The van der Waals surface area contributed by atoms with Crippen molar-refractivity contribution in [1.29, 1.82) is 0 Å². The van der Waals surface area contributed by atoms with Gasteiger partial charge in [-0.3, -0.25) is 4.99 Å². The summed E-state index contributed by atoms with van der Waals surface area (Å²) >= 11 is 10.7. The largest absolute Gasteiger partial charge is 0.417 e. The minimum atomic E-state index is -4.46. The molecule has 0 amide bonds. The lowest BCUT2D eigenvalue weighted by molar-refractivity contribution is -0.137. The Bertz CT molecular complexity index is 545. The maximum atomic E-state index is 12.8. The first-order valence-electron chi connectivity index (χ1n) is 6.37. The quantitative estimate of drug-likeness (QED) is 0.531. The van der Waals surface area contributed by atoms with Gasteiger partial charge in [0.2, 0.25) is 0 Å². The molecule has 0 bridgehead atoms. The zero-order chi connectivity index (χ0) is 16.3. The van der Waals surface area contributed by atoms with Gasteiger partial charge in [0.05, 0.1) is 17.1 Å². The molecule has 0 heterocycles. The van der Waals surface area contributed by atoms with Crippen molar-refractivity contribution in [2.45, 2.75) is 33.4 Å². The van der Waals surface area contributed by atoms with E-state index in [0.29, 0.717) is 17.0 Å². The van der Waals surface area contributed by atoms with Crippen LogP contribution in [0, 0.1) is 5.41 Å². The number of benzene rings is 1. The zero-order valence-electron chi connectivity index (χ0n) is 12.1. The van der Waals surface area contributed by atoms with Gasteiger partial charge in [0.1, 0.15) is 0 Å². The van der Waals surface area contributed by atoms with E-state index in [9.17, 15) is 13.2 Å². The first kappa shape index (κ1) is 18.1. The van der Waals surface area contributed by atoms with E-state index in [1.807, 2.05) is 20.8 Å². The highest BCUT2D eigenvalue weighted by atomic mass is 35.5. The number of rotatable bonds is 4. The maximum Gasteiger partial charge on any atom is 0.417 e. The number of hydrogen-bond donors (Lipinski definition) is 0. The van der Waals surface area contributed by atoms with Crippen molar-refractivity contribution in [3.8, 4) is 0 Å². The molecule has 0 aliphatic carbocycles. The molecule has 0 radical (unpaired) electrons. The van der Waals surface area contributed by atoms with Crippen LogP contribution >= 0.6 is 23.8 Å². The molecule has 0 aliphatic rings. The second-order valence-corrected chi connectivity index (χ2v) is 6.85. The van der Waals surface area contributed by atoms with E-state index in [1.165, 1.54) is 6.07 Å². The Morgan fingerprint density at radius 3 is 2.43 bits per heavy atom. The summed E-state index contributed by atoms with van der Waals surface area (Å²) in [5.74, 6) is 0.